The van der Waals surface area contributed by atoms with Crippen LogP contribution in [0.5, 0.6) is 0 Å². The van der Waals surface area contributed by atoms with Crippen molar-refractivity contribution in [3.8, 4) is 10.3 Å². The Kier molecular flexibility index (Phi) is 10.5. The summed E-state index contributed by atoms with van der Waals surface area (Å²) in [6.45, 7) is 4.12. The fourth-order valence-electron chi connectivity index (χ4n) is 4.66. The molecule has 0 aliphatic heterocycles. The van der Waals surface area contributed by atoms with E-state index in [1.165, 1.54) is 45.3 Å². The van der Waals surface area contributed by atoms with Crippen LogP contribution >= 0.6 is 11.3 Å². The van der Waals surface area contributed by atoms with Gasteiger partial charge in [0.05, 0.1) is 38.0 Å². The molecule has 0 aliphatic rings. The molecule has 0 atom stereocenters. The lowest BCUT2D eigenvalue weighted by molar-refractivity contribution is 0.0592. The number of aryl methyl sites for hydroxylation is 4. The first-order chi connectivity index (χ1) is 23.6. The number of hydrogen-bond donors (Lipinski definition) is 2. The third-order valence-electron chi connectivity index (χ3n) is 7.35. The molecule has 4 N–H and O–H groups in total. The number of esters is 2. The number of nitrogen functional groups attached to an aromatic ring is 2. The first-order valence-corrected chi connectivity index (χ1v) is 16.1. The summed E-state index contributed by atoms with van der Waals surface area (Å²) < 4.78 is 15.3. The smallest absolute Gasteiger partial charge is 0.343 e. The van der Waals surface area contributed by atoms with Crippen molar-refractivity contribution in [2.75, 3.05) is 25.7 Å². The molecule has 49 heavy (non-hydrogen) atoms. The molecule has 0 aromatic carbocycles. The van der Waals surface area contributed by atoms with Gasteiger partial charge >= 0.3 is 11.9 Å². The minimum atomic E-state index is -0.596. The fraction of sp³-hybridized carbons (Fsp3) is 0.429. The van der Waals surface area contributed by atoms with Gasteiger partial charge in [0.1, 0.15) is 11.1 Å². The van der Waals surface area contributed by atoms with Crippen molar-refractivity contribution < 1.29 is 19.1 Å². The van der Waals surface area contributed by atoms with Crippen molar-refractivity contribution in [3.05, 3.63) is 34.9 Å². The Morgan fingerprint density at radius 1 is 0.735 bits per heavy atom. The Bertz CT molecular complexity index is 1890. The second-order valence-electron chi connectivity index (χ2n) is 10.7. The molecular formula is C28H36N16O4S. The van der Waals surface area contributed by atoms with Gasteiger partial charge in [0, 0.05) is 14.1 Å². The predicted molar refractivity (Wildman–Crippen MR) is 178 cm³/mol. The molecule has 0 aliphatic carbocycles. The molecule has 258 valence electrons. The van der Waals surface area contributed by atoms with Gasteiger partial charge in [0.2, 0.25) is 10.3 Å². The largest absolute Gasteiger partial charge is 0.465 e. The Morgan fingerprint density at radius 2 is 1.14 bits per heavy atom. The van der Waals surface area contributed by atoms with E-state index in [0.717, 1.165) is 37.0 Å². The number of carbonyl (C=O) groups excluding carboxylic acids is 2. The second-order valence-corrected chi connectivity index (χ2v) is 11.6. The Labute approximate surface area is 283 Å². The zero-order valence-corrected chi connectivity index (χ0v) is 28.7. The lowest BCUT2D eigenvalue weighted by Gasteiger charge is -2.00. The van der Waals surface area contributed by atoms with Crippen LogP contribution < -0.4 is 11.5 Å². The highest BCUT2D eigenvalue weighted by atomic mass is 32.1. The number of unbranched alkanes of at least 4 members (excludes halogenated alkanes) is 2. The number of hydrogen-bond acceptors (Lipinski definition) is 17. The highest BCUT2D eigenvalue weighted by Crippen LogP contribution is 2.36. The maximum atomic E-state index is 12.2. The van der Waals surface area contributed by atoms with Gasteiger partial charge in [-0.1, -0.05) is 38.0 Å². The van der Waals surface area contributed by atoms with Gasteiger partial charge in [-0.05, 0) is 25.7 Å². The molecule has 21 heteroatoms. The Morgan fingerprint density at radius 3 is 1.51 bits per heavy atom. The van der Waals surface area contributed by atoms with E-state index < -0.39 is 11.9 Å². The van der Waals surface area contributed by atoms with Crippen LogP contribution in [0.3, 0.4) is 0 Å². The lowest BCUT2D eigenvalue weighted by atomic mass is 10.2. The first-order valence-electron chi connectivity index (χ1n) is 15.3. The summed E-state index contributed by atoms with van der Waals surface area (Å²) in [6, 6.07) is 0. The third kappa shape index (κ3) is 6.91. The van der Waals surface area contributed by atoms with E-state index in [0.29, 0.717) is 45.9 Å². The number of rotatable bonds is 14. The van der Waals surface area contributed by atoms with Crippen molar-refractivity contribution in [1.29, 1.82) is 0 Å². The monoisotopic (exact) mass is 692 g/mol. The van der Waals surface area contributed by atoms with Crippen LogP contribution in [0.2, 0.25) is 0 Å². The minimum absolute atomic E-state index is 0.154. The summed E-state index contributed by atoms with van der Waals surface area (Å²) in [6.07, 6.45) is 7.30. The van der Waals surface area contributed by atoms with Crippen LogP contribution in [0, 0.1) is 0 Å². The second kappa shape index (κ2) is 14.9. The molecule has 0 saturated carbocycles. The molecule has 0 spiro atoms. The van der Waals surface area contributed by atoms with Gasteiger partial charge in [-0.15, -0.1) is 30.7 Å². The van der Waals surface area contributed by atoms with E-state index >= 15 is 0 Å². The average Bonchev–Trinajstić information content (AvgIpc) is 3.92. The predicted octanol–water partition coefficient (Wildman–Crippen LogP) is 4.63. The van der Waals surface area contributed by atoms with Gasteiger partial charge in [-0.3, -0.25) is 0 Å². The Hall–Kier alpha value is -5.86. The molecule has 0 radical (unpaired) electrons. The number of methoxy groups -OCH3 is 2. The molecule has 5 aromatic heterocycles. The van der Waals surface area contributed by atoms with Gasteiger partial charge in [0.25, 0.3) is 0 Å². The number of nitrogens with zero attached hydrogens (tertiary/aromatic N) is 14. The number of anilines is 2. The van der Waals surface area contributed by atoms with E-state index in [9.17, 15) is 9.59 Å². The molecular weight excluding hydrogens is 656 g/mol. The van der Waals surface area contributed by atoms with Crippen LogP contribution in [-0.4, -0.2) is 75.5 Å². The molecule has 0 bridgehead atoms. The van der Waals surface area contributed by atoms with Crippen LogP contribution in [0.15, 0.2) is 32.9 Å². The number of nitrogens with two attached hydrogens (primary N) is 2. The molecule has 5 rings (SSSR count). The third-order valence-corrected chi connectivity index (χ3v) is 8.22. The van der Waals surface area contributed by atoms with Gasteiger partial charge in [0.15, 0.2) is 34.6 Å². The highest BCUT2D eigenvalue weighted by Gasteiger charge is 2.24. The van der Waals surface area contributed by atoms with Crippen molar-refractivity contribution in [2.45, 2.75) is 52.4 Å². The number of azo groups is 2. The summed E-state index contributed by atoms with van der Waals surface area (Å²) >= 11 is 1.14. The summed E-state index contributed by atoms with van der Waals surface area (Å²) in [4.78, 5) is 24.4. The van der Waals surface area contributed by atoms with Crippen molar-refractivity contribution in [2.24, 2.45) is 34.6 Å². The molecule has 0 unspecified atom stereocenters. The minimum Gasteiger partial charge on any atom is -0.465 e. The van der Waals surface area contributed by atoms with E-state index in [4.69, 9.17) is 31.1 Å². The fourth-order valence-corrected chi connectivity index (χ4v) is 5.43. The Balaban J connectivity index is 1.52. The number of carbonyl (C=O) groups is 2. The van der Waals surface area contributed by atoms with Crippen LogP contribution in [0.1, 0.15) is 71.6 Å². The summed E-state index contributed by atoms with van der Waals surface area (Å²) in [5, 5.41) is 44.2. The molecule has 20 nitrogen and oxygen atoms in total. The number of aromatic nitrogens is 10. The summed E-state index contributed by atoms with van der Waals surface area (Å²) in [5.41, 5.74) is 15.3. The number of ether oxygens (including phenoxy) is 2. The zero-order valence-electron chi connectivity index (χ0n) is 27.9. The van der Waals surface area contributed by atoms with Crippen LogP contribution in [0.25, 0.3) is 10.3 Å². The normalized spacial score (nSPS) is 11.7. The van der Waals surface area contributed by atoms with Gasteiger partial charge in [-0.2, -0.15) is 29.8 Å². The average molecular weight is 693 g/mol. The van der Waals surface area contributed by atoms with E-state index in [-0.39, 0.29) is 34.4 Å². The van der Waals surface area contributed by atoms with Crippen molar-refractivity contribution in [3.63, 3.8) is 0 Å². The van der Waals surface area contributed by atoms with Crippen LogP contribution in [0.4, 0.5) is 34.6 Å². The van der Waals surface area contributed by atoms with Crippen molar-refractivity contribution in [1.82, 2.24) is 49.3 Å². The lowest BCUT2D eigenvalue weighted by Crippen LogP contribution is -2.01. The van der Waals surface area contributed by atoms with E-state index in [2.05, 4.69) is 54.7 Å². The first kappa shape index (κ1) is 34.5. The molecule has 0 saturated heterocycles. The van der Waals surface area contributed by atoms with E-state index in [1.54, 1.807) is 14.1 Å². The maximum Gasteiger partial charge on any atom is 0.343 e. The van der Waals surface area contributed by atoms with Crippen molar-refractivity contribution >= 4 is 57.9 Å². The molecule has 5 heterocycles. The maximum absolute atomic E-state index is 12.2. The summed E-state index contributed by atoms with van der Waals surface area (Å²) in [7, 11) is 5.81. The quantitative estimate of drug-likeness (QED) is 0.119. The summed E-state index contributed by atoms with van der Waals surface area (Å²) in [5.74, 6) is -0.454. The standard InChI is InChI=1S/C28H36N16O4S/c1-7-9-11-17-19(33-35-23-15(25(45)47-5)13-31-41(23)3)21(29)43(39-17)27-37-38-28(49-27)44-22(30)20(18(40-44)12-10-8-2)34-36-24-16(26(46)48-6)14-32-42(24)4/h13-14H,7-12,29-30H2,1-6H3. The van der Waals surface area contributed by atoms with E-state index in [1.807, 2.05) is 0 Å². The highest BCUT2D eigenvalue weighted by molar-refractivity contribution is 7.16. The molecule has 0 fully saturated rings. The van der Waals surface area contributed by atoms with Gasteiger partial charge < -0.3 is 20.9 Å². The SMILES string of the molecule is CCCCc1nn(-c2nnc(-n3nc(CCCC)c(N=Nc4c(C(=O)OC)cnn4C)c3N)s2)c(N)c1N=Nc1c(C(=O)OC)cnn1C. The topological polar surface area (TPSA) is 251 Å². The van der Waals surface area contributed by atoms with Gasteiger partial charge in [-0.25, -0.2) is 19.0 Å². The molecule has 5 aromatic rings. The van der Waals surface area contributed by atoms with Crippen LogP contribution in [-0.2, 0) is 36.4 Å². The zero-order chi connectivity index (χ0) is 35.2. The molecule has 0 amide bonds.